The van der Waals surface area contributed by atoms with Gasteiger partial charge in [-0.05, 0) is 229 Å². The van der Waals surface area contributed by atoms with Crippen molar-refractivity contribution < 1.29 is 95.0 Å². The SMILES string of the molecule is C.CC[C@H]1CCC[C@H](O[C@H]2CC[C@H](N(C)C)C(C)O2)[C@@H](C)C(=O)C2=C[C@H]3[C@@H]4C[C@H](O[C@@H]5OC(C)[C@H](OC)C(OC)[C@@H]5OC)C[C@H]4[C@@H]4N[C@@H]4[C@H]3[C@@H]2CC(=O)O1.CC[C@H]1CCC[C@H](O[C@H]2CC[C@H](N(C)C)C(C)O2)[C@@H](C)C(=O)C2=C[C@H]3[C@@H]4C[C@H](O[C@@H]5OC(C)[C@H](OC)C(OC)[C@@H]5OC)C[C@H]4[C@H]4[C@@H]([C@H]3[C@@H]2CC(=O)O1)N4c1ccncn1.Cl.Clc1ccncn1. The Bertz CT molecular complexity index is 3750. The normalized spacial score (nSPS) is 43.8. The number of fused-ring (bicyclic) bond motifs is 16. The molecule has 12 fully saturated rings. The number of ether oxygens (including phenoxy) is 16. The predicted octanol–water partition coefficient (Wildman–Crippen LogP) is 11.4. The number of hydrogen-bond donors (Lipinski definition) is 1. The number of ketones is 2. The van der Waals surface area contributed by atoms with E-state index in [-0.39, 0.29) is 226 Å². The average Bonchev–Trinajstić information content (AvgIpc) is 1.52. The highest BCUT2D eigenvalue weighted by atomic mass is 35.5. The molecule has 38 atom stereocenters. The molecule has 2 aromatic heterocycles. The second-order valence-electron chi connectivity index (χ2n) is 36.9. The van der Waals surface area contributed by atoms with E-state index in [9.17, 15) is 14.4 Å². The van der Waals surface area contributed by atoms with Gasteiger partial charge in [-0.15, -0.1) is 12.4 Å². The summed E-state index contributed by atoms with van der Waals surface area (Å²) in [6, 6.07) is 5.15. The Hall–Kier alpha value is -4.38. The van der Waals surface area contributed by atoms with Crippen molar-refractivity contribution in [3.05, 3.63) is 65.6 Å². The van der Waals surface area contributed by atoms with E-state index in [1.54, 1.807) is 67.4 Å². The van der Waals surface area contributed by atoms with E-state index < -0.39 is 30.7 Å². The van der Waals surface area contributed by atoms with Crippen LogP contribution in [0.4, 0.5) is 5.82 Å². The van der Waals surface area contributed by atoms with Crippen LogP contribution in [0.5, 0.6) is 0 Å². The number of nitrogens with one attached hydrogen (secondary N) is 1. The fourth-order valence-corrected chi connectivity index (χ4v) is 24.2. The lowest BCUT2D eigenvalue weighted by Gasteiger charge is -2.44. The summed E-state index contributed by atoms with van der Waals surface area (Å²) in [6.07, 6.45) is 18.6. The number of aromatic nitrogens is 4. The first kappa shape index (κ1) is 95.7. The summed E-state index contributed by atoms with van der Waals surface area (Å²) >= 11 is 5.39. The molecular weight excluding hydrogens is 1600 g/mol. The maximum Gasteiger partial charge on any atom is 0.306 e. The number of cyclic esters (lactones) is 2. The number of hydrogen-bond acceptors (Lipinski definition) is 28. The van der Waals surface area contributed by atoms with E-state index in [2.05, 4.69) is 103 Å². The lowest BCUT2D eigenvalue weighted by atomic mass is 9.66. The summed E-state index contributed by atoms with van der Waals surface area (Å²) in [5, 5.41) is 4.30. The van der Waals surface area contributed by atoms with Crippen molar-refractivity contribution >= 4 is 53.3 Å². The van der Waals surface area contributed by atoms with Gasteiger partial charge in [-0.3, -0.25) is 19.2 Å². The second-order valence-corrected chi connectivity index (χ2v) is 37.3. The number of carbonyl (C=O) groups is 4. The van der Waals surface area contributed by atoms with Crippen LogP contribution in [0.25, 0.3) is 0 Å². The zero-order chi connectivity index (χ0) is 84.5. The number of rotatable bonds is 19. The van der Waals surface area contributed by atoms with Crippen molar-refractivity contribution in [2.75, 3.05) is 75.7 Å². The molecule has 121 heavy (non-hydrogen) atoms. The number of nitrogens with zero attached hydrogens (tertiary/aromatic N) is 7. The molecule has 6 aliphatic carbocycles. The van der Waals surface area contributed by atoms with Crippen LogP contribution in [-0.4, -0.2) is 283 Å². The van der Waals surface area contributed by atoms with E-state index in [1.165, 1.54) is 6.33 Å². The molecule has 4 saturated carbocycles. The third kappa shape index (κ3) is 20.5. The minimum atomic E-state index is -0.636. The Labute approximate surface area is 729 Å². The highest BCUT2D eigenvalue weighted by Crippen LogP contribution is 2.66. The van der Waals surface area contributed by atoms with E-state index >= 15 is 4.79 Å². The quantitative estimate of drug-likeness (QED) is 0.0776. The standard InChI is InChI=1S/C45H68N4O10.C41H66N2O10.C4H3ClN2.CH4.ClH/c1-10-26-12-11-13-34(59-37-15-14-33(48(5)6)24(3)55-37)23(2)41(51)32-20-29-28-18-27(58-45-44(54-9)43(53-8)42(52-7)25(4)56-45)19-31(28)39-40(38(29)30(32)21-36(50)57-26)49(39)35-16-17-46-22-47-35;1-10-23-12-11-13-31(53-33-15-14-30(43(5)6)21(3)49-33)20(2)37(45)29-18-26-25-16-24(52-41-40(48-9)39(47-8)38(46-7)22(4)50-41)17-28(25)35-36(42-35)34(26)27(29)19-32(44)51-23;5-4-1-2-6-3-7-4;;/h16-17,20,22-31,33-34,37-40,42-45H,10-15,18-19,21H2,1-9H3;18,20-28,30-31,33-36,38-42H,10-17,19H2,1-9H3;1-3H;1H4;1H/t23-,24?,25?,26+,27+,28+,29+,30-,31-,33+,34+,37+,38-,39+,40-,42+,43?,44+,45+,49?;20-,21?,22?,23+,24+,25+,26+,27-,28-,30+,31+,33+,34-,35+,36-,38+,39?,40+,41+;;;/m11.../s1. The summed E-state index contributed by atoms with van der Waals surface area (Å²) in [4.78, 5) is 80.5. The molecule has 0 bridgehead atoms. The fraction of sp³-hybridized carbons (Fsp3) is 0.824. The van der Waals surface area contributed by atoms with Gasteiger partial charge in [0.15, 0.2) is 36.7 Å². The number of esters is 2. The summed E-state index contributed by atoms with van der Waals surface area (Å²) in [5.74, 6) is 1.04. The van der Waals surface area contributed by atoms with Crippen molar-refractivity contribution in [1.82, 2.24) is 35.1 Å². The molecule has 28 nitrogen and oxygen atoms in total. The summed E-state index contributed by atoms with van der Waals surface area (Å²) in [5.41, 5.74) is 1.56. The molecule has 0 spiro atoms. The first-order valence-electron chi connectivity index (χ1n) is 44.7. The zero-order valence-electron chi connectivity index (χ0n) is 73.9. The Morgan fingerprint density at radius 3 is 1.35 bits per heavy atom. The van der Waals surface area contributed by atoms with Gasteiger partial charge in [-0.2, -0.15) is 0 Å². The molecule has 0 aromatic carbocycles. The Morgan fingerprint density at radius 2 is 0.934 bits per heavy atom. The van der Waals surface area contributed by atoms with Gasteiger partial charge in [0, 0.05) is 103 Å². The number of allylic oxidation sites excluding steroid dienone is 4. The predicted molar refractivity (Wildman–Crippen MR) is 454 cm³/mol. The van der Waals surface area contributed by atoms with Gasteiger partial charge in [-0.1, -0.05) is 58.9 Å². The molecular formula is C91H142Cl2N8O20. The Morgan fingerprint density at radius 1 is 0.496 bits per heavy atom. The zero-order valence-corrected chi connectivity index (χ0v) is 75.4. The molecule has 1 N–H and O–H groups in total. The number of likely N-dealkylation sites (N-methyl/N-ethyl adjacent to an activating group) is 2. The van der Waals surface area contributed by atoms with Crippen LogP contribution in [0.15, 0.2) is 60.5 Å². The number of methoxy groups -OCH3 is 6. The van der Waals surface area contributed by atoms with Crippen molar-refractivity contribution in [2.45, 2.75) is 337 Å². The number of carbonyl (C=O) groups excluding carboxylic acids is 4. The highest BCUT2D eigenvalue weighted by molar-refractivity contribution is 6.29. The van der Waals surface area contributed by atoms with Gasteiger partial charge in [0.2, 0.25) is 0 Å². The lowest BCUT2D eigenvalue weighted by molar-refractivity contribution is -0.314. The fourth-order valence-electron chi connectivity index (χ4n) is 24.1. The summed E-state index contributed by atoms with van der Waals surface area (Å²) in [6.45, 7) is 16.4. The minimum Gasteiger partial charge on any atom is -0.462 e. The van der Waals surface area contributed by atoms with E-state index in [0.29, 0.717) is 48.0 Å². The van der Waals surface area contributed by atoms with Crippen LogP contribution >= 0.6 is 24.0 Å². The van der Waals surface area contributed by atoms with Crippen molar-refractivity contribution in [2.24, 2.45) is 71.0 Å². The van der Waals surface area contributed by atoms with Crippen LogP contribution in [0.2, 0.25) is 5.15 Å². The lowest BCUT2D eigenvalue weighted by Crippen LogP contribution is -2.59. The summed E-state index contributed by atoms with van der Waals surface area (Å²) < 4.78 is 100. The second kappa shape index (κ2) is 42.2. The first-order chi connectivity index (χ1) is 57.3. The minimum absolute atomic E-state index is 0. The molecule has 8 aliphatic heterocycles. The smallest absolute Gasteiger partial charge is 0.306 e. The molecule has 10 heterocycles. The average molecular weight is 1740 g/mol. The van der Waals surface area contributed by atoms with Gasteiger partial charge >= 0.3 is 11.9 Å². The van der Waals surface area contributed by atoms with Gasteiger partial charge in [0.1, 0.15) is 72.5 Å². The molecule has 6 unspecified atom stereocenters. The summed E-state index contributed by atoms with van der Waals surface area (Å²) in [7, 11) is 18.4. The number of anilines is 1. The van der Waals surface area contributed by atoms with Gasteiger partial charge < -0.3 is 95.8 Å². The van der Waals surface area contributed by atoms with Crippen LogP contribution in [0, 0.1) is 71.0 Å². The van der Waals surface area contributed by atoms with Crippen LogP contribution in [0.3, 0.4) is 0 Å². The molecule has 14 aliphatic rings. The van der Waals surface area contributed by atoms with Crippen molar-refractivity contribution in [3.63, 3.8) is 0 Å². The monoisotopic (exact) mass is 1740 g/mol. The van der Waals surface area contributed by atoms with Crippen LogP contribution < -0.4 is 10.2 Å². The molecule has 30 heteroatoms. The number of halogens is 2. The van der Waals surface area contributed by atoms with Gasteiger partial charge in [-0.25, -0.2) is 19.9 Å². The largest absolute Gasteiger partial charge is 0.462 e. The topological polar surface area (TPSA) is 299 Å². The maximum atomic E-state index is 15.1. The Kier molecular flexibility index (Phi) is 33.4. The Balaban J connectivity index is 0.000000202. The molecule has 0 amide bonds. The molecule has 680 valence electrons. The molecule has 16 rings (SSSR count). The van der Waals surface area contributed by atoms with E-state index in [1.807, 2.05) is 33.8 Å². The third-order valence-corrected chi connectivity index (χ3v) is 30.2. The number of Topliss-reactive ketones (excluding diaryl/α,β-unsaturated/α-hetero) is 2. The van der Waals surface area contributed by atoms with E-state index in [0.717, 1.165) is 107 Å². The van der Waals surface area contributed by atoms with Gasteiger partial charge in [0.25, 0.3) is 0 Å². The van der Waals surface area contributed by atoms with Gasteiger partial charge in [0.05, 0.1) is 73.8 Å². The third-order valence-electron chi connectivity index (χ3n) is 30.0. The maximum absolute atomic E-state index is 15.1. The van der Waals surface area contributed by atoms with Crippen LogP contribution in [-0.2, 0) is 95.0 Å². The van der Waals surface area contributed by atoms with Crippen molar-refractivity contribution in [1.29, 1.82) is 0 Å². The van der Waals surface area contributed by atoms with Crippen LogP contribution in [0.1, 0.15) is 178 Å². The molecule has 0 radical (unpaired) electrons. The van der Waals surface area contributed by atoms with Crippen molar-refractivity contribution in [3.8, 4) is 0 Å². The van der Waals surface area contributed by atoms with E-state index in [4.69, 9.17) is 92.4 Å². The first-order valence-corrected chi connectivity index (χ1v) is 45.1. The highest BCUT2D eigenvalue weighted by Gasteiger charge is 2.70. The molecule has 2 aromatic rings. The molecule has 8 saturated heterocycles.